The second-order valence-electron chi connectivity index (χ2n) is 3.67. The summed E-state index contributed by atoms with van der Waals surface area (Å²) in [6.07, 6.45) is 2.85. The Kier molecular flexibility index (Phi) is 5.11. The summed E-state index contributed by atoms with van der Waals surface area (Å²) in [5.74, 6) is -0.867. The van der Waals surface area contributed by atoms with Crippen molar-refractivity contribution in [1.29, 1.82) is 0 Å². The number of carbonyl (C=O) groups excluding carboxylic acids is 2. The Morgan fingerprint density at radius 3 is 2.67 bits per heavy atom. The third-order valence-electron chi connectivity index (χ3n) is 2.30. The maximum atomic E-state index is 11.5. The van der Waals surface area contributed by atoms with E-state index in [0.717, 1.165) is 5.56 Å². The SMILES string of the molecule is CCOC(=O)C=Cc1cc(C)ccc1C(=O)OC. The van der Waals surface area contributed by atoms with Gasteiger partial charge in [0.25, 0.3) is 0 Å². The Bertz CT molecular complexity index is 475. The molecule has 1 aromatic carbocycles. The number of methoxy groups -OCH3 is 1. The average molecular weight is 248 g/mol. The first-order chi connectivity index (χ1) is 8.58. The Labute approximate surface area is 106 Å². The molecule has 0 radical (unpaired) electrons. The molecule has 0 amide bonds. The molecule has 0 spiro atoms. The number of benzene rings is 1. The molecular weight excluding hydrogens is 232 g/mol. The average Bonchev–Trinajstić information content (AvgIpc) is 2.36. The number of hydrogen-bond acceptors (Lipinski definition) is 4. The van der Waals surface area contributed by atoms with Gasteiger partial charge in [0.1, 0.15) is 0 Å². The van der Waals surface area contributed by atoms with E-state index in [1.54, 1.807) is 19.1 Å². The third kappa shape index (κ3) is 3.73. The van der Waals surface area contributed by atoms with Crippen LogP contribution in [0.2, 0.25) is 0 Å². The van der Waals surface area contributed by atoms with Gasteiger partial charge in [-0.1, -0.05) is 17.7 Å². The summed E-state index contributed by atoms with van der Waals surface area (Å²) in [7, 11) is 1.32. The monoisotopic (exact) mass is 248 g/mol. The summed E-state index contributed by atoms with van der Waals surface area (Å²) in [5, 5.41) is 0. The van der Waals surface area contributed by atoms with Crippen LogP contribution in [0.25, 0.3) is 6.08 Å². The summed E-state index contributed by atoms with van der Waals surface area (Å²) in [6, 6.07) is 5.29. The zero-order valence-corrected chi connectivity index (χ0v) is 10.7. The zero-order chi connectivity index (χ0) is 13.5. The molecule has 0 unspecified atom stereocenters. The van der Waals surface area contributed by atoms with Crippen LogP contribution in [0.4, 0.5) is 0 Å². The van der Waals surface area contributed by atoms with Crippen LogP contribution in [0.1, 0.15) is 28.4 Å². The van der Waals surface area contributed by atoms with Crippen molar-refractivity contribution in [3.05, 3.63) is 41.0 Å². The molecule has 0 aromatic heterocycles. The fourth-order valence-corrected chi connectivity index (χ4v) is 1.46. The van der Waals surface area contributed by atoms with E-state index in [2.05, 4.69) is 4.74 Å². The molecule has 0 aliphatic carbocycles. The maximum Gasteiger partial charge on any atom is 0.338 e. The van der Waals surface area contributed by atoms with Crippen molar-refractivity contribution in [3.8, 4) is 0 Å². The first-order valence-corrected chi connectivity index (χ1v) is 5.62. The molecular formula is C14H16O4. The molecule has 0 saturated heterocycles. The number of esters is 2. The molecule has 96 valence electrons. The minimum atomic E-state index is -0.435. The van der Waals surface area contributed by atoms with Gasteiger partial charge in [-0.3, -0.25) is 0 Å². The third-order valence-corrected chi connectivity index (χ3v) is 2.30. The molecule has 0 fully saturated rings. The van der Waals surface area contributed by atoms with Crippen LogP contribution < -0.4 is 0 Å². The second kappa shape index (κ2) is 6.59. The second-order valence-corrected chi connectivity index (χ2v) is 3.67. The van der Waals surface area contributed by atoms with Crippen LogP contribution in [0, 0.1) is 6.92 Å². The number of ether oxygens (including phenoxy) is 2. The van der Waals surface area contributed by atoms with Gasteiger partial charge >= 0.3 is 11.9 Å². The summed E-state index contributed by atoms with van der Waals surface area (Å²) < 4.78 is 9.46. The summed E-state index contributed by atoms with van der Waals surface area (Å²) in [6.45, 7) is 3.96. The number of carbonyl (C=O) groups is 2. The van der Waals surface area contributed by atoms with E-state index >= 15 is 0 Å². The van der Waals surface area contributed by atoms with Gasteiger partial charge in [-0.2, -0.15) is 0 Å². The molecule has 0 heterocycles. The lowest BCUT2D eigenvalue weighted by Crippen LogP contribution is -2.04. The van der Waals surface area contributed by atoms with Gasteiger partial charge < -0.3 is 9.47 Å². The zero-order valence-electron chi connectivity index (χ0n) is 10.7. The van der Waals surface area contributed by atoms with Gasteiger partial charge in [-0.15, -0.1) is 0 Å². The van der Waals surface area contributed by atoms with Crippen LogP contribution >= 0.6 is 0 Å². The first kappa shape index (κ1) is 14.0. The van der Waals surface area contributed by atoms with Crippen molar-refractivity contribution < 1.29 is 19.1 Å². The molecule has 18 heavy (non-hydrogen) atoms. The van der Waals surface area contributed by atoms with E-state index in [-0.39, 0.29) is 0 Å². The predicted molar refractivity (Wildman–Crippen MR) is 68.2 cm³/mol. The Morgan fingerprint density at radius 2 is 2.06 bits per heavy atom. The topological polar surface area (TPSA) is 52.6 Å². The van der Waals surface area contributed by atoms with Crippen LogP contribution in [-0.2, 0) is 14.3 Å². The minimum absolute atomic E-state index is 0.320. The van der Waals surface area contributed by atoms with E-state index in [4.69, 9.17) is 4.74 Å². The van der Waals surface area contributed by atoms with Crippen LogP contribution in [0.3, 0.4) is 0 Å². The Hall–Kier alpha value is -2.10. The van der Waals surface area contributed by atoms with Crippen molar-refractivity contribution in [3.63, 3.8) is 0 Å². The fourth-order valence-electron chi connectivity index (χ4n) is 1.46. The lowest BCUT2D eigenvalue weighted by Gasteiger charge is -2.05. The largest absolute Gasteiger partial charge is 0.465 e. The van der Waals surface area contributed by atoms with Gasteiger partial charge in [-0.25, -0.2) is 9.59 Å². The standard InChI is InChI=1S/C14H16O4/c1-4-18-13(15)8-6-11-9-10(2)5-7-12(11)14(16)17-3/h5-9H,4H2,1-3H3. The smallest absolute Gasteiger partial charge is 0.338 e. The Balaban J connectivity index is 3.02. The van der Waals surface area contributed by atoms with Crippen molar-refractivity contribution in [2.45, 2.75) is 13.8 Å². The van der Waals surface area contributed by atoms with Gasteiger partial charge in [0.2, 0.25) is 0 Å². The number of aryl methyl sites for hydroxylation is 1. The minimum Gasteiger partial charge on any atom is -0.465 e. The normalized spacial score (nSPS) is 10.4. The molecule has 0 aliphatic rings. The van der Waals surface area contributed by atoms with E-state index in [0.29, 0.717) is 17.7 Å². The summed E-state index contributed by atoms with van der Waals surface area (Å²) >= 11 is 0. The van der Waals surface area contributed by atoms with Crippen molar-refractivity contribution in [1.82, 2.24) is 0 Å². The molecule has 0 bridgehead atoms. The Morgan fingerprint density at radius 1 is 1.33 bits per heavy atom. The van der Waals surface area contributed by atoms with E-state index < -0.39 is 11.9 Å². The highest BCUT2D eigenvalue weighted by Gasteiger charge is 2.10. The lowest BCUT2D eigenvalue weighted by atomic mass is 10.0. The first-order valence-electron chi connectivity index (χ1n) is 5.62. The van der Waals surface area contributed by atoms with E-state index in [9.17, 15) is 9.59 Å². The van der Waals surface area contributed by atoms with Gasteiger partial charge in [-0.05, 0) is 31.6 Å². The predicted octanol–water partition coefficient (Wildman–Crippen LogP) is 2.36. The van der Waals surface area contributed by atoms with Gasteiger partial charge in [0.05, 0.1) is 19.3 Å². The molecule has 0 atom stereocenters. The fraction of sp³-hybridized carbons (Fsp3) is 0.286. The molecule has 0 aliphatic heterocycles. The van der Waals surface area contributed by atoms with E-state index in [1.807, 2.05) is 19.1 Å². The van der Waals surface area contributed by atoms with Crippen LogP contribution in [0.5, 0.6) is 0 Å². The van der Waals surface area contributed by atoms with Crippen molar-refractivity contribution in [2.24, 2.45) is 0 Å². The lowest BCUT2D eigenvalue weighted by molar-refractivity contribution is -0.137. The van der Waals surface area contributed by atoms with Crippen LogP contribution in [-0.4, -0.2) is 25.7 Å². The molecule has 1 rings (SSSR count). The van der Waals surface area contributed by atoms with Crippen molar-refractivity contribution >= 4 is 18.0 Å². The highest BCUT2D eigenvalue weighted by atomic mass is 16.5. The molecule has 0 saturated carbocycles. The highest BCUT2D eigenvalue weighted by Crippen LogP contribution is 2.14. The highest BCUT2D eigenvalue weighted by molar-refractivity contribution is 5.95. The van der Waals surface area contributed by atoms with Gasteiger partial charge in [0.15, 0.2) is 0 Å². The number of hydrogen-bond donors (Lipinski definition) is 0. The van der Waals surface area contributed by atoms with E-state index in [1.165, 1.54) is 13.2 Å². The maximum absolute atomic E-state index is 11.5. The molecule has 4 heteroatoms. The molecule has 1 aromatic rings. The van der Waals surface area contributed by atoms with Gasteiger partial charge in [0, 0.05) is 6.08 Å². The molecule has 4 nitrogen and oxygen atoms in total. The molecule has 0 N–H and O–H groups in total. The quantitative estimate of drug-likeness (QED) is 0.606. The van der Waals surface area contributed by atoms with Crippen molar-refractivity contribution in [2.75, 3.05) is 13.7 Å². The van der Waals surface area contributed by atoms with Crippen LogP contribution in [0.15, 0.2) is 24.3 Å². The summed E-state index contributed by atoms with van der Waals surface area (Å²) in [4.78, 5) is 22.8. The summed E-state index contributed by atoms with van der Waals surface area (Å²) in [5.41, 5.74) is 2.05. The number of rotatable bonds is 4.